The highest BCUT2D eigenvalue weighted by Crippen LogP contribution is 2.42. The van der Waals surface area contributed by atoms with E-state index >= 15 is 0 Å². The lowest BCUT2D eigenvalue weighted by atomic mass is 9.80. The molecule has 0 bridgehead atoms. The number of benzene rings is 3. The maximum absolute atomic E-state index is 13.6. The Labute approximate surface area is 253 Å². The van der Waals surface area contributed by atoms with E-state index < -0.39 is 15.6 Å². The van der Waals surface area contributed by atoms with Crippen molar-refractivity contribution in [2.24, 2.45) is 15.5 Å². The van der Waals surface area contributed by atoms with Gasteiger partial charge in [0, 0.05) is 18.2 Å². The van der Waals surface area contributed by atoms with Crippen LogP contribution in [0.5, 0.6) is 0 Å². The van der Waals surface area contributed by atoms with Crippen LogP contribution in [0.2, 0.25) is 5.04 Å². The molecule has 2 aliphatic rings. The average molecular weight is 601 g/mol. The summed E-state index contributed by atoms with van der Waals surface area (Å²) in [6.45, 7) is 9.44. The van der Waals surface area contributed by atoms with Crippen molar-refractivity contribution >= 4 is 32.0 Å². The van der Waals surface area contributed by atoms with Crippen molar-refractivity contribution in [1.29, 1.82) is 0 Å². The highest BCUT2D eigenvalue weighted by molar-refractivity contribution is 7.90. The summed E-state index contributed by atoms with van der Waals surface area (Å²) in [5, 5.41) is 6.20. The smallest absolute Gasteiger partial charge is 0.264 e. The van der Waals surface area contributed by atoms with E-state index in [4.69, 9.17) is 4.43 Å². The van der Waals surface area contributed by atoms with E-state index in [-0.39, 0.29) is 31.1 Å². The highest BCUT2D eigenvalue weighted by atomic mass is 32.2. The number of hydrazone groups is 1. The Morgan fingerprint density at radius 3 is 2.00 bits per heavy atom. The fourth-order valence-corrected chi connectivity index (χ4v) is 7.52. The van der Waals surface area contributed by atoms with Gasteiger partial charge in [-0.2, -0.15) is 5.10 Å². The zero-order chi connectivity index (χ0) is 29.8. The van der Waals surface area contributed by atoms with Gasteiger partial charge in [0.1, 0.15) is 5.60 Å². The Kier molecular flexibility index (Phi) is 8.73. The van der Waals surface area contributed by atoms with Crippen LogP contribution in [0.1, 0.15) is 70.1 Å². The Hall–Kier alpha value is -3.27. The highest BCUT2D eigenvalue weighted by Gasteiger charge is 2.41. The van der Waals surface area contributed by atoms with Crippen molar-refractivity contribution < 1.29 is 12.8 Å². The lowest BCUT2D eigenvalue weighted by molar-refractivity contribution is 0.156. The van der Waals surface area contributed by atoms with Crippen LogP contribution in [0, 0.1) is 5.41 Å². The molecule has 1 aliphatic carbocycles. The molecule has 0 amide bonds. The second kappa shape index (κ2) is 12.1. The maximum Gasteiger partial charge on any atom is 0.264 e. The summed E-state index contributed by atoms with van der Waals surface area (Å²) < 4.78 is 36.9. The monoisotopic (exact) mass is 600 g/mol. The first kappa shape index (κ1) is 30.2. The Bertz CT molecular complexity index is 1470. The molecule has 1 N–H and O–H groups in total. The van der Waals surface area contributed by atoms with E-state index in [0.29, 0.717) is 13.1 Å². The lowest BCUT2D eigenvalue weighted by Crippen LogP contribution is -2.43. The van der Waals surface area contributed by atoms with Gasteiger partial charge in [-0.3, -0.25) is 4.99 Å². The first-order valence-corrected chi connectivity index (χ1v) is 17.0. The fourth-order valence-electron chi connectivity index (χ4n) is 5.68. The molecule has 1 aliphatic heterocycles. The molecule has 0 atom stereocenters. The molecule has 220 valence electrons. The van der Waals surface area contributed by atoms with Gasteiger partial charge >= 0.3 is 0 Å². The summed E-state index contributed by atoms with van der Waals surface area (Å²) in [5.41, 5.74) is 1.91. The van der Waals surface area contributed by atoms with Crippen LogP contribution in [-0.2, 0) is 20.1 Å². The van der Waals surface area contributed by atoms with E-state index in [1.165, 1.54) is 12.8 Å². The van der Waals surface area contributed by atoms with Crippen LogP contribution in [0.3, 0.4) is 0 Å². The van der Waals surface area contributed by atoms with Crippen molar-refractivity contribution in [1.82, 2.24) is 9.73 Å². The molecule has 3 aromatic carbocycles. The van der Waals surface area contributed by atoms with Crippen molar-refractivity contribution in [2.45, 2.75) is 68.9 Å². The number of aliphatic imine (C=N–C) groups is 1. The van der Waals surface area contributed by atoms with Crippen LogP contribution >= 0.6 is 0 Å². The molecule has 0 aromatic heterocycles. The number of nitrogens with zero attached hydrogens (tertiary/aromatic N) is 3. The number of hydrogen-bond donors (Lipinski definition) is 1. The summed E-state index contributed by atoms with van der Waals surface area (Å²) >= 11 is 0. The predicted molar refractivity (Wildman–Crippen MR) is 170 cm³/mol. The Balaban J connectivity index is 1.49. The van der Waals surface area contributed by atoms with Gasteiger partial charge < -0.3 is 4.43 Å². The zero-order valence-electron chi connectivity index (χ0n) is 24.9. The first-order chi connectivity index (χ1) is 20.1. The standard InChI is InChI=1S/C33H40N4O3SSi/c1-5-34-30(37-25-32(24-35-37)22-12-13-23-32)36-41(38,39)29-20-18-28(19-21-29)33(40-42-31(2,3)4,26-14-8-6-9-15-26)27-16-10-7-11-17-27/h6-11,14-21,24H,5,12-13,22-23,25H2,1-4H3,(H,34,36). The molecular weight excluding hydrogens is 561 g/mol. The molecule has 1 saturated carbocycles. The summed E-state index contributed by atoms with van der Waals surface area (Å²) in [6, 6.07) is 27.3. The van der Waals surface area contributed by atoms with E-state index in [2.05, 4.69) is 59.9 Å². The molecule has 1 spiro atoms. The molecule has 1 fully saturated rings. The molecular formula is C33H40N4O3SSi. The number of rotatable bonds is 8. The van der Waals surface area contributed by atoms with Crippen molar-refractivity contribution in [3.05, 3.63) is 102 Å². The number of sulfonamides is 1. The first-order valence-electron chi connectivity index (χ1n) is 14.6. The largest absolute Gasteiger partial charge is 0.400 e. The van der Waals surface area contributed by atoms with Gasteiger partial charge in [0.05, 0.1) is 11.4 Å². The van der Waals surface area contributed by atoms with Gasteiger partial charge in [0.15, 0.2) is 0 Å². The normalized spacial score (nSPS) is 17.2. The molecule has 9 heteroatoms. The van der Waals surface area contributed by atoms with Gasteiger partial charge in [-0.25, -0.2) is 18.1 Å². The zero-order valence-corrected chi connectivity index (χ0v) is 26.7. The molecule has 3 aromatic rings. The van der Waals surface area contributed by atoms with Crippen LogP contribution in [-0.4, -0.2) is 48.5 Å². The minimum absolute atomic E-state index is 0.0214. The number of hydrogen-bond acceptors (Lipinski definition) is 5. The summed E-state index contributed by atoms with van der Waals surface area (Å²) in [5.74, 6) is 0.263. The van der Waals surface area contributed by atoms with Crippen LogP contribution in [0.15, 0.2) is 99.9 Å². The minimum Gasteiger partial charge on any atom is -0.400 e. The van der Waals surface area contributed by atoms with E-state index in [9.17, 15) is 8.42 Å². The average Bonchev–Trinajstić information content (AvgIpc) is 3.63. The van der Waals surface area contributed by atoms with Crippen LogP contribution < -0.4 is 4.72 Å². The topological polar surface area (TPSA) is 83.4 Å². The van der Waals surface area contributed by atoms with Gasteiger partial charge in [-0.05, 0) is 53.6 Å². The quantitative estimate of drug-likeness (QED) is 0.141. The van der Waals surface area contributed by atoms with E-state index in [0.717, 1.165) is 29.5 Å². The van der Waals surface area contributed by atoms with E-state index in [1.807, 2.05) is 61.7 Å². The summed E-state index contributed by atoms with van der Waals surface area (Å²) in [6.07, 6.45) is 6.47. The number of nitrogens with one attached hydrogen (secondary N) is 1. The fraction of sp³-hybridized carbons (Fsp3) is 0.394. The number of guanidine groups is 1. The predicted octanol–water partition coefficient (Wildman–Crippen LogP) is 6.35. The third-order valence-electron chi connectivity index (χ3n) is 7.76. The lowest BCUT2D eigenvalue weighted by Gasteiger charge is -2.38. The minimum atomic E-state index is -3.92. The maximum atomic E-state index is 13.6. The second-order valence-electron chi connectivity index (χ2n) is 12.2. The molecule has 1 heterocycles. The summed E-state index contributed by atoms with van der Waals surface area (Å²) in [4.78, 5) is 4.63. The van der Waals surface area contributed by atoms with Crippen molar-refractivity contribution in [3.8, 4) is 0 Å². The van der Waals surface area contributed by atoms with Gasteiger partial charge in [0.2, 0.25) is 15.7 Å². The Morgan fingerprint density at radius 2 is 1.48 bits per heavy atom. The van der Waals surface area contributed by atoms with Gasteiger partial charge in [0.25, 0.3) is 10.0 Å². The SMILES string of the molecule is CCN=C(NS(=O)(=O)c1ccc(C(O[Si]C(C)(C)C)(c2ccccc2)c2ccccc2)cc1)N1CC2(C=N1)CCCC2. The van der Waals surface area contributed by atoms with Crippen molar-refractivity contribution in [3.63, 3.8) is 0 Å². The van der Waals surface area contributed by atoms with Crippen LogP contribution in [0.25, 0.3) is 0 Å². The third kappa shape index (κ3) is 6.38. The molecule has 0 unspecified atom stereocenters. The summed E-state index contributed by atoms with van der Waals surface area (Å²) in [7, 11) is -3.73. The Morgan fingerprint density at radius 1 is 0.929 bits per heavy atom. The van der Waals surface area contributed by atoms with Gasteiger partial charge in [-0.1, -0.05) is 106 Å². The van der Waals surface area contributed by atoms with Crippen LogP contribution in [0.4, 0.5) is 0 Å². The van der Waals surface area contributed by atoms with E-state index in [1.54, 1.807) is 17.1 Å². The third-order valence-corrected chi connectivity index (χ3v) is 10.1. The molecule has 7 nitrogen and oxygen atoms in total. The van der Waals surface area contributed by atoms with Gasteiger partial charge in [-0.15, -0.1) is 0 Å². The van der Waals surface area contributed by atoms with Crippen molar-refractivity contribution in [2.75, 3.05) is 13.1 Å². The molecule has 0 saturated heterocycles. The molecule has 2 radical (unpaired) electrons. The molecule has 42 heavy (non-hydrogen) atoms. The second-order valence-corrected chi connectivity index (χ2v) is 15.8. The molecule has 5 rings (SSSR count).